The number of nitrogens with one attached hydrogen (secondary N) is 2. The summed E-state index contributed by atoms with van der Waals surface area (Å²) in [5, 5.41) is 15.5. The molecule has 2 N–H and O–H groups in total. The van der Waals surface area contributed by atoms with E-state index in [-0.39, 0.29) is 12.1 Å². The molecule has 22 heavy (non-hydrogen) atoms. The molecular formula is C15H21N5OS. The standard InChI is InChI=1S/C15H21N5OS/c1-10(5-8-12-4-3-9-20(12)2)16-14(21)17-15-19-18-13(22-15)11-6-7-11/h3-4,9-11H,5-8H2,1-2H3,(H2,16,17,19,21). The fourth-order valence-electron chi connectivity index (χ4n) is 2.33. The highest BCUT2D eigenvalue weighted by Gasteiger charge is 2.27. The van der Waals surface area contributed by atoms with E-state index in [2.05, 4.69) is 31.5 Å². The van der Waals surface area contributed by atoms with E-state index in [1.165, 1.54) is 29.9 Å². The van der Waals surface area contributed by atoms with Crippen LogP contribution in [0, 0.1) is 0 Å². The molecule has 2 heterocycles. The molecule has 1 aliphatic carbocycles. The predicted molar refractivity (Wildman–Crippen MR) is 87.2 cm³/mol. The summed E-state index contributed by atoms with van der Waals surface area (Å²) in [6, 6.07) is 4.03. The Morgan fingerprint density at radius 3 is 3.00 bits per heavy atom. The van der Waals surface area contributed by atoms with Gasteiger partial charge in [-0.25, -0.2) is 4.79 Å². The molecule has 0 saturated heterocycles. The lowest BCUT2D eigenvalue weighted by Gasteiger charge is -2.14. The van der Waals surface area contributed by atoms with Crippen molar-refractivity contribution in [3.8, 4) is 0 Å². The SMILES string of the molecule is CC(CCc1cccn1C)NC(=O)Nc1nnc(C2CC2)s1. The van der Waals surface area contributed by atoms with Crippen LogP contribution in [0.3, 0.4) is 0 Å². The van der Waals surface area contributed by atoms with Crippen LogP contribution in [0.1, 0.15) is 42.8 Å². The second-order valence-electron chi connectivity index (χ2n) is 5.87. The van der Waals surface area contributed by atoms with Crippen molar-refractivity contribution in [2.75, 3.05) is 5.32 Å². The molecule has 7 heteroatoms. The van der Waals surface area contributed by atoms with E-state index >= 15 is 0 Å². The number of aromatic nitrogens is 3. The Kier molecular flexibility index (Phi) is 4.42. The highest BCUT2D eigenvalue weighted by molar-refractivity contribution is 7.15. The average molecular weight is 319 g/mol. The fraction of sp³-hybridized carbons (Fsp3) is 0.533. The normalized spacial score (nSPS) is 15.5. The number of hydrogen-bond donors (Lipinski definition) is 2. The number of urea groups is 1. The van der Waals surface area contributed by atoms with E-state index in [4.69, 9.17) is 0 Å². The van der Waals surface area contributed by atoms with Gasteiger partial charge in [-0.15, -0.1) is 10.2 Å². The molecule has 1 fully saturated rings. The van der Waals surface area contributed by atoms with E-state index in [1.807, 2.05) is 26.2 Å². The Hall–Kier alpha value is -1.89. The highest BCUT2D eigenvalue weighted by atomic mass is 32.1. The number of aryl methyl sites for hydroxylation is 2. The maximum absolute atomic E-state index is 12.0. The molecule has 6 nitrogen and oxygen atoms in total. The van der Waals surface area contributed by atoms with Gasteiger partial charge in [0.25, 0.3) is 0 Å². The summed E-state index contributed by atoms with van der Waals surface area (Å²) in [5.74, 6) is 0.570. The molecule has 0 aromatic carbocycles. The van der Waals surface area contributed by atoms with E-state index < -0.39 is 0 Å². The maximum atomic E-state index is 12.0. The minimum atomic E-state index is -0.210. The number of carbonyl (C=O) groups is 1. The van der Waals surface area contributed by atoms with Crippen LogP contribution in [0.5, 0.6) is 0 Å². The molecule has 2 aromatic heterocycles. The van der Waals surface area contributed by atoms with Crippen molar-refractivity contribution in [1.82, 2.24) is 20.1 Å². The number of nitrogens with zero attached hydrogens (tertiary/aromatic N) is 3. The van der Waals surface area contributed by atoms with Crippen molar-refractivity contribution < 1.29 is 4.79 Å². The number of hydrogen-bond acceptors (Lipinski definition) is 4. The zero-order valence-corrected chi connectivity index (χ0v) is 13.7. The summed E-state index contributed by atoms with van der Waals surface area (Å²) in [5.41, 5.74) is 1.27. The van der Waals surface area contributed by atoms with Gasteiger partial charge in [-0.05, 0) is 44.7 Å². The molecule has 1 saturated carbocycles. The van der Waals surface area contributed by atoms with Crippen LogP contribution >= 0.6 is 11.3 Å². The molecule has 0 radical (unpaired) electrons. The van der Waals surface area contributed by atoms with Crippen LogP contribution in [0.25, 0.3) is 0 Å². The first kappa shape index (κ1) is 15.0. The van der Waals surface area contributed by atoms with E-state index in [0.29, 0.717) is 11.0 Å². The highest BCUT2D eigenvalue weighted by Crippen LogP contribution is 2.41. The summed E-state index contributed by atoms with van der Waals surface area (Å²) in [6.07, 6.45) is 6.26. The van der Waals surface area contributed by atoms with E-state index in [1.54, 1.807) is 0 Å². The first-order valence-electron chi connectivity index (χ1n) is 7.63. The molecule has 3 rings (SSSR count). The van der Waals surface area contributed by atoms with Crippen LogP contribution in [-0.2, 0) is 13.5 Å². The number of rotatable bonds is 6. The Morgan fingerprint density at radius 2 is 2.32 bits per heavy atom. The van der Waals surface area contributed by atoms with Gasteiger partial charge >= 0.3 is 6.03 Å². The Morgan fingerprint density at radius 1 is 1.50 bits per heavy atom. The second-order valence-corrected chi connectivity index (χ2v) is 6.88. The maximum Gasteiger partial charge on any atom is 0.321 e. The third-order valence-electron chi connectivity index (χ3n) is 3.85. The Bertz CT molecular complexity index is 646. The van der Waals surface area contributed by atoms with Gasteiger partial charge in [0.1, 0.15) is 5.01 Å². The smallest absolute Gasteiger partial charge is 0.321 e. The third-order valence-corrected chi connectivity index (χ3v) is 4.85. The fourth-order valence-corrected chi connectivity index (χ4v) is 3.24. The van der Waals surface area contributed by atoms with Gasteiger partial charge in [0.2, 0.25) is 5.13 Å². The van der Waals surface area contributed by atoms with Crippen molar-refractivity contribution in [2.24, 2.45) is 7.05 Å². The molecule has 118 valence electrons. The van der Waals surface area contributed by atoms with Gasteiger partial charge in [0.15, 0.2) is 0 Å². The predicted octanol–water partition coefficient (Wildman–Crippen LogP) is 2.90. The second kappa shape index (κ2) is 6.48. The van der Waals surface area contributed by atoms with Crippen LogP contribution in [0.15, 0.2) is 18.3 Å². The minimum absolute atomic E-state index is 0.103. The summed E-state index contributed by atoms with van der Waals surface area (Å²) in [4.78, 5) is 12.0. The van der Waals surface area contributed by atoms with Gasteiger partial charge in [-0.1, -0.05) is 11.3 Å². The van der Waals surface area contributed by atoms with Crippen LogP contribution < -0.4 is 10.6 Å². The number of anilines is 1. The van der Waals surface area contributed by atoms with Gasteiger partial charge in [-0.3, -0.25) is 5.32 Å². The Balaban J connectivity index is 1.43. The third kappa shape index (κ3) is 3.85. The van der Waals surface area contributed by atoms with Crippen molar-refractivity contribution in [1.29, 1.82) is 0 Å². The van der Waals surface area contributed by atoms with Crippen molar-refractivity contribution >= 4 is 22.5 Å². The minimum Gasteiger partial charge on any atom is -0.354 e. The average Bonchev–Trinajstić information content (AvgIpc) is 3.09. The summed E-state index contributed by atoms with van der Waals surface area (Å²) < 4.78 is 2.10. The summed E-state index contributed by atoms with van der Waals surface area (Å²) in [6.45, 7) is 2.01. The molecule has 1 unspecified atom stereocenters. The van der Waals surface area contributed by atoms with Crippen molar-refractivity contribution in [3.63, 3.8) is 0 Å². The van der Waals surface area contributed by atoms with Gasteiger partial charge in [-0.2, -0.15) is 0 Å². The zero-order valence-electron chi connectivity index (χ0n) is 12.9. The van der Waals surface area contributed by atoms with Gasteiger partial charge in [0, 0.05) is 30.9 Å². The van der Waals surface area contributed by atoms with Gasteiger partial charge < -0.3 is 9.88 Å². The molecule has 0 spiro atoms. The summed E-state index contributed by atoms with van der Waals surface area (Å²) >= 11 is 1.47. The zero-order chi connectivity index (χ0) is 15.5. The lowest BCUT2D eigenvalue weighted by atomic mass is 10.1. The number of amides is 2. The topological polar surface area (TPSA) is 71.8 Å². The first-order chi connectivity index (χ1) is 10.6. The summed E-state index contributed by atoms with van der Waals surface area (Å²) in [7, 11) is 2.03. The molecular weight excluding hydrogens is 298 g/mol. The van der Waals surface area contributed by atoms with Crippen molar-refractivity contribution in [2.45, 2.75) is 44.6 Å². The molecule has 2 aromatic rings. The molecule has 0 bridgehead atoms. The van der Waals surface area contributed by atoms with Crippen molar-refractivity contribution in [3.05, 3.63) is 29.0 Å². The first-order valence-corrected chi connectivity index (χ1v) is 8.44. The Labute approximate surface area is 133 Å². The lowest BCUT2D eigenvalue weighted by molar-refractivity contribution is 0.248. The lowest BCUT2D eigenvalue weighted by Crippen LogP contribution is -2.36. The molecule has 1 aliphatic rings. The quantitative estimate of drug-likeness (QED) is 0.860. The molecule has 0 aliphatic heterocycles. The van der Waals surface area contributed by atoms with E-state index in [0.717, 1.165) is 17.8 Å². The molecule has 1 atom stereocenters. The van der Waals surface area contributed by atoms with Crippen LogP contribution in [0.4, 0.5) is 9.93 Å². The van der Waals surface area contributed by atoms with E-state index in [9.17, 15) is 4.79 Å². The van der Waals surface area contributed by atoms with Gasteiger partial charge in [0.05, 0.1) is 0 Å². The van der Waals surface area contributed by atoms with Crippen LogP contribution in [-0.4, -0.2) is 26.8 Å². The number of carbonyl (C=O) groups excluding carboxylic acids is 1. The molecule has 2 amide bonds. The monoisotopic (exact) mass is 319 g/mol. The largest absolute Gasteiger partial charge is 0.354 e. The van der Waals surface area contributed by atoms with Crippen LogP contribution in [0.2, 0.25) is 0 Å².